The third-order valence-corrected chi connectivity index (χ3v) is 3.66. The number of para-hydroxylation sites is 1. The van der Waals surface area contributed by atoms with Crippen LogP contribution in [-0.4, -0.2) is 17.2 Å². The van der Waals surface area contributed by atoms with Gasteiger partial charge in [0.1, 0.15) is 0 Å². The second-order valence-corrected chi connectivity index (χ2v) is 5.79. The lowest BCUT2D eigenvalue weighted by atomic mass is 9.98. The first-order valence-corrected chi connectivity index (χ1v) is 7.70. The summed E-state index contributed by atoms with van der Waals surface area (Å²) in [7, 11) is 0. The molecule has 0 unspecified atom stereocenters. The normalized spacial score (nSPS) is 11.0. The molecule has 0 saturated heterocycles. The van der Waals surface area contributed by atoms with Crippen molar-refractivity contribution in [2.45, 2.75) is 19.5 Å². The number of amides is 1. The van der Waals surface area contributed by atoms with Crippen LogP contribution in [0.5, 0.6) is 0 Å². The van der Waals surface area contributed by atoms with Gasteiger partial charge in [-0.3, -0.25) is 4.79 Å². The summed E-state index contributed by atoms with van der Waals surface area (Å²) in [6.07, 6.45) is -5.64. The Balaban J connectivity index is 2.37. The van der Waals surface area contributed by atoms with Crippen LogP contribution >= 0.6 is 12.2 Å². The number of nitrogens with two attached hydrogens (primary N) is 1. The maximum absolute atomic E-state index is 12.9. The van der Waals surface area contributed by atoms with E-state index in [1.807, 2.05) is 6.07 Å². The van der Waals surface area contributed by atoms with Crippen LogP contribution in [0, 0.1) is 6.92 Å². The molecule has 0 radical (unpaired) electrons. The third kappa shape index (κ3) is 5.18. The monoisotopic (exact) mass is 367 g/mol. The lowest BCUT2D eigenvalue weighted by Gasteiger charge is -2.19. The van der Waals surface area contributed by atoms with Crippen molar-refractivity contribution in [1.82, 2.24) is 0 Å². The Labute approximate surface area is 148 Å². The fraction of sp³-hybridized carbons (Fsp3) is 0.176. The van der Waals surface area contributed by atoms with E-state index in [1.165, 1.54) is 19.1 Å². The third-order valence-electron chi connectivity index (χ3n) is 3.46. The Morgan fingerprint density at radius 1 is 1.12 bits per heavy atom. The average molecular weight is 367 g/mol. The standard InChI is InChI=1S/C17H16F3N3OS/c1-10-7-8-12(15(21)24)14(13(10)9-17(18,19)20)23-16(25)22-11-5-3-2-4-6-11/h2-8H,9H2,1H3,(H2,21,24)(H2,22,23,25). The summed E-state index contributed by atoms with van der Waals surface area (Å²) in [6.45, 7) is 1.53. The van der Waals surface area contributed by atoms with E-state index < -0.39 is 18.5 Å². The molecule has 0 saturated carbocycles. The molecule has 8 heteroatoms. The van der Waals surface area contributed by atoms with Gasteiger partial charge in [0, 0.05) is 5.69 Å². The molecule has 0 heterocycles. The van der Waals surface area contributed by atoms with Crippen molar-refractivity contribution in [2.75, 3.05) is 10.6 Å². The van der Waals surface area contributed by atoms with E-state index in [0.29, 0.717) is 11.3 Å². The number of carbonyl (C=O) groups is 1. The second kappa shape index (κ2) is 7.52. The molecule has 0 fully saturated rings. The first kappa shape index (κ1) is 18.7. The van der Waals surface area contributed by atoms with Gasteiger partial charge in [-0.15, -0.1) is 0 Å². The molecular formula is C17H16F3N3OS. The molecule has 0 spiro atoms. The van der Waals surface area contributed by atoms with Crippen LogP contribution in [0.25, 0.3) is 0 Å². The van der Waals surface area contributed by atoms with Gasteiger partial charge >= 0.3 is 6.18 Å². The number of primary amides is 1. The number of rotatable bonds is 4. The molecule has 0 aliphatic carbocycles. The number of carbonyl (C=O) groups excluding carboxylic acids is 1. The largest absolute Gasteiger partial charge is 0.393 e. The fourth-order valence-electron chi connectivity index (χ4n) is 2.33. The number of aryl methyl sites for hydroxylation is 1. The van der Waals surface area contributed by atoms with Gasteiger partial charge in [-0.1, -0.05) is 24.3 Å². The molecular weight excluding hydrogens is 351 g/mol. The van der Waals surface area contributed by atoms with E-state index in [4.69, 9.17) is 18.0 Å². The maximum Gasteiger partial charge on any atom is 0.393 e. The smallest absolute Gasteiger partial charge is 0.366 e. The number of anilines is 2. The van der Waals surface area contributed by atoms with E-state index >= 15 is 0 Å². The molecule has 1 amide bonds. The highest BCUT2D eigenvalue weighted by Gasteiger charge is 2.31. The second-order valence-electron chi connectivity index (χ2n) is 5.38. The van der Waals surface area contributed by atoms with Crippen molar-refractivity contribution >= 4 is 34.6 Å². The highest BCUT2D eigenvalue weighted by molar-refractivity contribution is 7.80. The van der Waals surface area contributed by atoms with Crippen LogP contribution in [0.2, 0.25) is 0 Å². The summed E-state index contributed by atoms with van der Waals surface area (Å²) in [5.74, 6) is -0.839. The highest BCUT2D eigenvalue weighted by Crippen LogP contribution is 2.31. The highest BCUT2D eigenvalue weighted by atomic mass is 32.1. The predicted molar refractivity (Wildman–Crippen MR) is 95.7 cm³/mol. The molecule has 2 aromatic rings. The van der Waals surface area contributed by atoms with Gasteiger partial charge in [-0.25, -0.2) is 0 Å². The number of hydrogen-bond acceptors (Lipinski definition) is 2. The Morgan fingerprint density at radius 3 is 2.32 bits per heavy atom. The molecule has 4 nitrogen and oxygen atoms in total. The van der Waals surface area contributed by atoms with Gasteiger partial charge in [0.15, 0.2) is 5.11 Å². The first-order chi connectivity index (χ1) is 11.7. The van der Waals surface area contributed by atoms with Crippen LogP contribution in [0.3, 0.4) is 0 Å². The maximum atomic E-state index is 12.9. The molecule has 2 aromatic carbocycles. The van der Waals surface area contributed by atoms with Crippen LogP contribution in [0.1, 0.15) is 21.5 Å². The van der Waals surface area contributed by atoms with Crippen molar-refractivity contribution < 1.29 is 18.0 Å². The van der Waals surface area contributed by atoms with Gasteiger partial charge < -0.3 is 16.4 Å². The van der Waals surface area contributed by atoms with Gasteiger partial charge in [0.2, 0.25) is 0 Å². The van der Waals surface area contributed by atoms with Crippen LogP contribution < -0.4 is 16.4 Å². The summed E-state index contributed by atoms with van der Waals surface area (Å²) >= 11 is 5.15. The van der Waals surface area contributed by atoms with Crippen molar-refractivity contribution in [3.8, 4) is 0 Å². The van der Waals surface area contributed by atoms with Crippen molar-refractivity contribution in [3.63, 3.8) is 0 Å². The molecule has 4 N–H and O–H groups in total. The van der Waals surface area contributed by atoms with Gasteiger partial charge in [0.25, 0.3) is 5.91 Å². The van der Waals surface area contributed by atoms with E-state index in [2.05, 4.69) is 10.6 Å². The molecule has 0 aliphatic rings. The topological polar surface area (TPSA) is 67.2 Å². The Kier molecular flexibility index (Phi) is 5.63. The number of halogens is 3. The minimum atomic E-state index is -4.44. The summed E-state index contributed by atoms with van der Waals surface area (Å²) < 4.78 is 38.8. The molecule has 132 valence electrons. The summed E-state index contributed by atoms with van der Waals surface area (Å²) in [4.78, 5) is 11.6. The predicted octanol–water partition coefficient (Wildman–Crippen LogP) is 4.01. The Morgan fingerprint density at radius 2 is 1.76 bits per heavy atom. The Bertz CT molecular complexity index is 792. The van der Waals surface area contributed by atoms with E-state index in [0.717, 1.165) is 0 Å². The first-order valence-electron chi connectivity index (χ1n) is 7.29. The average Bonchev–Trinajstić information content (AvgIpc) is 2.50. The SMILES string of the molecule is Cc1ccc(C(N)=O)c(NC(=S)Nc2ccccc2)c1CC(F)(F)F. The summed E-state index contributed by atoms with van der Waals surface area (Å²) in [5.41, 5.74) is 6.19. The molecule has 0 aliphatic heterocycles. The van der Waals surface area contributed by atoms with Crippen LogP contribution in [0.15, 0.2) is 42.5 Å². The zero-order valence-electron chi connectivity index (χ0n) is 13.3. The van der Waals surface area contributed by atoms with Crippen molar-refractivity contribution in [3.05, 3.63) is 59.2 Å². The summed E-state index contributed by atoms with van der Waals surface area (Å²) in [5, 5.41) is 5.60. The minimum Gasteiger partial charge on any atom is -0.366 e. The lowest BCUT2D eigenvalue weighted by molar-refractivity contribution is -0.127. The number of hydrogen-bond donors (Lipinski definition) is 3. The number of nitrogens with one attached hydrogen (secondary N) is 2. The van der Waals surface area contributed by atoms with Gasteiger partial charge in [-0.05, 0) is 48.5 Å². The van der Waals surface area contributed by atoms with E-state index in [9.17, 15) is 18.0 Å². The van der Waals surface area contributed by atoms with E-state index in [1.54, 1.807) is 24.3 Å². The number of thiocarbonyl (C=S) groups is 1. The molecule has 0 aromatic heterocycles. The zero-order valence-corrected chi connectivity index (χ0v) is 14.1. The Hall–Kier alpha value is -2.61. The van der Waals surface area contributed by atoms with Gasteiger partial charge in [-0.2, -0.15) is 13.2 Å². The summed E-state index contributed by atoms with van der Waals surface area (Å²) in [6, 6.07) is 11.7. The van der Waals surface area contributed by atoms with Crippen LogP contribution in [0.4, 0.5) is 24.5 Å². The fourth-order valence-corrected chi connectivity index (χ4v) is 2.55. The molecule has 0 atom stereocenters. The van der Waals surface area contributed by atoms with Gasteiger partial charge in [0.05, 0.1) is 17.7 Å². The number of alkyl halides is 3. The van der Waals surface area contributed by atoms with Crippen molar-refractivity contribution in [2.24, 2.45) is 5.73 Å². The zero-order chi connectivity index (χ0) is 18.6. The lowest BCUT2D eigenvalue weighted by Crippen LogP contribution is -2.25. The quantitative estimate of drug-likeness (QED) is 0.715. The van der Waals surface area contributed by atoms with Crippen LogP contribution in [-0.2, 0) is 6.42 Å². The number of benzene rings is 2. The van der Waals surface area contributed by atoms with Crippen molar-refractivity contribution in [1.29, 1.82) is 0 Å². The molecule has 25 heavy (non-hydrogen) atoms. The minimum absolute atomic E-state index is 0.0294. The molecule has 2 rings (SSSR count). The molecule has 0 bridgehead atoms. The van der Waals surface area contributed by atoms with E-state index in [-0.39, 0.29) is 21.9 Å².